The van der Waals surface area contributed by atoms with E-state index in [4.69, 9.17) is 10.5 Å². The number of nitrogens with zero attached hydrogens (tertiary/aromatic N) is 1. The summed E-state index contributed by atoms with van der Waals surface area (Å²) >= 11 is 0. The molecule has 2 saturated heterocycles. The zero-order valence-corrected chi connectivity index (χ0v) is 12.3. The van der Waals surface area contributed by atoms with E-state index in [2.05, 4.69) is 25.7 Å². The molecule has 4 unspecified atom stereocenters. The Morgan fingerprint density at radius 3 is 2.78 bits per heavy atom. The smallest absolute Gasteiger partial charge is 0.0612 e. The van der Waals surface area contributed by atoms with Crippen LogP contribution < -0.4 is 5.73 Å². The van der Waals surface area contributed by atoms with Gasteiger partial charge >= 0.3 is 0 Å². The fourth-order valence-electron chi connectivity index (χ4n) is 3.42. The monoisotopic (exact) mass is 254 g/mol. The van der Waals surface area contributed by atoms with Crippen molar-refractivity contribution in [3.8, 4) is 0 Å². The van der Waals surface area contributed by atoms with Crippen LogP contribution in [0.5, 0.6) is 0 Å². The minimum atomic E-state index is 0.458. The van der Waals surface area contributed by atoms with Crippen LogP contribution in [0.4, 0.5) is 0 Å². The predicted molar refractivity (Wildman–Crippen MR) is 75.5 cm³/mol. The van der Waals surface area contributed by atoms with Gasteiger partial charge in [-0.1, -0.05) is 20.8 Å². The van der Waals surface area contributed by atoms with Crippen LogP contribution in [0, 0.1) is 17.8 Å². The van der Waals surface area contributed by atoms with Crippen LogP contribution in [0.3, 0.4) is 0 Å². The first-order chi connectivity index (χ1) is 8.61. The SMILES string of the molecule is CC(C)C1CC(N2CCC(C)C(CN)C2)CCO1. The first-order valence-electron chi connectivity index (χ1n) is 7.67. The number of likely N-dealkylation sites (tertiary alicyclic amines) is 1. The minimum absolute atomic E-state index is 0.458. The molecule has 2 rings (SSSR count). The summed E-state index contributed by atoms with van der Waals surface area (Å²) < 4.78 is 5.88. The van der Waals surface area contributed by atoms with E-state index in [-0.39, 0.29) is 0 Å². The molecule has 0 saturated carbocycles. The molecule has 0 radical (unpaired) electrons. The van der Waals surface area contributed by atoms with Crippen LogP contribution in [0.2, 0.25) is 0 Å². The van der Waals surface area contributed by atoms with Gasteiger partial charge in [0.2, 0.25) is 0 Å². The lowest BCUT2D eigenvalue weighted by atomic mass is 9.85. The van der Waals surface area contributed by atoms with E-state index in [9.17, 15) is 0 Å². The Morgan fingerprint density at radius 2 is 2.11 bits per heavy atom. The highest BCUT2D eigenvalue weighted by Crippen LogP contribution is 2.29. The van der Waals surface area contributed by atoms with Crippen LogP contribution in [-0.4, -0.2) is 43.3 Å². The minimum Gasteiger partial charge on any atom is -0.378 e. The molecule has 4 atom stereocenters. The number of rotatable bonds is 3. The van der Waals surface area contributed by atoms with E-state index >= 15 is 0 Å². The maximum Gasteiger partial charge on any atom is 0.0612 e. The zero-order valence-electron chi connectivity index (χ0n) is 12.3. The molecule has 3 heteroatoms. The first-order valence-corrected chi connectivity index (χ1v) is 7.67. The quantitative estimate of drug-likeness (QED) is 0.838. The molecule has 0 bridgehead atoms. The Hall–Kier alpha value is -0.120. The molecule has 2 aliphatic rings. The van der Waals surface area contributed by atoms with Crippen molar-refractivity contribution < 1.29 is 4.74 Å². The van der Waals surface area contributed by atoms with Crippen molar-refractivity contribution in [2.45, 2.75) is 52.2 Å². The fourth-order valence-corrected chi connectivity index (χ4v) is 3.42. The lowest BCUT2D eigenvalue weighted by Crippen LogP contribution is -2.50. The number of hydrogen-bond donors (Lipinski definition) is 1. The lowest BCUT2D eigenvalue weighted by Gasteiger charge is -2.44. The Labute approximate surface area is 112 Å². The topological polar surface area (TPSA) is 38.5 Å². The van der Waals surface area contributed by atoms with E-state index < -0.39 is 0 Å². The average molecular weight is 254 g/mol. The molecule has 2 fully saturated rings. The summed E-state index contributed by atoms with van der Waals surface area (Å²) in [7, 11) is 0. The molecule has 2 N–H and O–H groups in total. The van der Waals surface area contributed by atoms with Crippen LogP contribution in [-0.2, 0) is 4.74 Å². The van der Waals surface area contributed by atoms with Crippen LogP contribution in [0.15, 0.2) is 0 Å². The van der Waals surface area contributed by atoms with E-state index in [0.29, 0.717) is 17.9 Å². The molecular formula is C15H30N2O. The van der Waals surface area contributed by atoms with Crippen molar-refractivity contribution in [3.63, 3.8) is 0 Å². The van der Waals surface area contributed by atoms with Gasteiger partial charge in [-0.05, 0) is 50.1 Å². The van der Waals surface area contributed by atoms with Gasteiger partial charge in [0, 0.05) is 19.2 Å². The Morgan fingerprint density at radius 1 is 1.33 bits per heavy atom. The first kappa shape index (κ1) is 14.3. The molecule has 0 amide bonds. The highest BCUT2D eigenvalue weighted by atomic mass is 16.5. The van der Waals surface area contributed by atoms with Gasteiger partial charge in [-0.15, -0.1) is 0 Å². The molecule has 2 aliphatic heterocycles. The van der Waals surface area contributed by atoms with Crippen molar-refractivity contribution in [1.29, 1.82) is 0 Å². The largest absolute Gasteiger partial charge is 0.378 e. The summed E-state index contributed by atoms with van der Waals surface area (Å²) in [5, 5.41) is 0. The van der Waals surface area contributed by atoms with Crippen molar-refractivity contribution in [2.75, 3.05) is 26.2 Å². The van der Waals surface area contributed by atoms with Gasteiger partial charge in [-0.25, -0.2) is 0 Å². The van der Waals surface area contributed by atoms with Gasteiger partial charge in [-0.2, -0.15) is 0 Å². The Bertz CT molecular complexity index is 253. The molecule has 2 heterocycles. The number of nitrogens with two attached hydrogens (primary N) is 1. The maximum absolute atomic E-state index is 5.91. The van der Waals surface area contributed by atoms with Gasteiger partial charge in [0.05, 0.1) is 6.10 Å². The number of ether oxygens (including phenoxy) is 1. The Balaban J connectivity index is 1.90. The normalized spacial score (nSPS) is 39.2. The fraction of sp³-hybridized carbons (Fsp3) is 1.00. The molecule has 3 nitrogen and oxygen atoms in total. The van der Waals surface area contributed by atoms with Gasteiger partial charge < -0.3 is 10.5 Å². The molecule has 18 heavy (non-hydrogen) atoms. The highest BCUT2D eigenvalue weighted by molar-refractivity contribution is 4.86. The van der Waals surface area contributed by atoms with Crippen molar-refractivity contribution in [2.24, 2.45) is 23.5 Å². The maximum atomic E-state index is 5.91. The molecule has 106 valence electrons. The molecule has 0 spiro atoms. The summed E-state index contributed by atoms with van der Waals surface area (Å²) in [6.45, 7) is 11.1. The average Bonchev–Trinajstić information content (AvgIpc) is 2.39. The number of hydrogen-bond acceptors (Lipinski definition) is 3. The van der Waals surface area contributed by atoms with E-state index in [0.717, 1.165) is 25.1 Å². The summed E-state index contributed by atoms with van der Waals surface area (Å²) in [5.41, 5.74) is 5.91. The summed E-state index contributed by atoms with van der Waals surface area (Å²) in [6, 6.07) is 0.729. The zero-order chi connectivity index (χ0) is 13.1. The second-order valence-electron chi connectivity index (χ2n) is 6.59. The van der Waals surface area contributed by atoms with Gasteiger partial charge in [0.15, 0.2) is 0 Å². The Kier molecular flexibility index (Phi) is 5.05. The third-order valence-corrected chi connectivity index (χ3v) is 5.00. The summed E-state index contributed by atoms with van der Waals surface area (Å²) in [6.07, 6.45) is 4.18. The van der Waals surface area contributed by atoms with Gasteiger partial charge in [0.25, 0.3) is 0 Å². The van der Waals surface area contributed by atoms with Gasteiger partial charge in [0.1, 0.15) is 0 Å². The van der Waals surface area contributed by atoms with Crippen molar-refractivity contribution >= 4 is 0 Å². The molecule has 0 aliphatic carbocycles. The third-order valence-electron chi connectivity index (χ3n) is 5.00. The van der Waals surface area contributed by atoms with E-state index in [1.54, 1.807) is 0 Å². The van der Waals surface area contributed by atoms with Crippen molar-refractivity contribution in [3.05, 3.63) is 0 Å². The van der Waals surface area contributed by atoms with Gasteiger partial charge in [-0.3, -0.25) is 4.90 Å². The van der Waals surface area contributed by atoms with E-state index in [1.165, 1.54) is 32.4 Å². The van der Waals surface area contributed by atoms with Crippen LogP contribution >= 0.6 is 0 Å². The summed E-state index contributed by atoms with van der Waals surface area (Å²) in [4.78, 5) is 2.69. The molecular weight excluding hydrogens is 224 g/mol. The standard InChI is InChI=1S/C15H30N2O/c1-11(2)15-8-14(5-7-18-15)17-6-4-12(3)13(9-16)10-17/h11-15H,4-10,16H2,1-3H3. The third kappa shape index (κ3) is 3.25. The second kappa shape index (κ2) is 6.36. The van der Waals surface area contributed by atoms with Crippen LogP contribution in [0.1, 0.15) is 40.0 Å². The van der Waals surface area contributed by atoms with E-state index in [1.807, 2.05) is 0 Å². The predicted octanol–water partition coefficient (Wildman–Crippen LogP) is 2.11. The molecule has 0 aromatic rings. The highest BCUT2D eigenvalue weighted by Gasteiger charge is 2.33. The molecule has 0 aromatic carbocycles. The summed E-state index contributed by atoms with van der Waals surface area (Å²) in [5.74, 6) is 2.13. The lowest BCUT2D eigenvalue weighted by molar-refractivity contribution is -0.0578. The van der Waals surface area contributed by atoms with Crippen molar-refractivity contribution in [1.82, 2.24) is 4.90 Å². The second-order valence-corrected chi connectivity index (χ2v) is 6.59. The molecule has 0 aromatic heterocycles. The van der Waals surface area contributed by atoms with Crippen LogP contribution in [0.25, 0.3) is 0 Å². The number of piperidine rings is 1.